The predicted octanol–water partition coefficient (Wildman–Crippen LogP) is 3.18. The largest absolute Gasteiger partial charge is 0.416 e. The first-order chi connectivity index (χ1) is 8.39. The molecule has 3 rings (SSSR count). The lowest BCUT2D eigenvalue weighted by Gasteiger charge is -2.44. The molecule has 96 valence electrons. The molecular weight excluding hydrogens is 243 g/mol. The van der Waals surface area contributed by atoms with Crippen LogP contribution in [0.5, 0.6) is 0 Å². The number of anilines is 1. The van der Waals surface area contributed by atoms with Crippen LogP contribution in [0.3, 0.4) is 0 Å². The number of halogens is 3. The fourth-order valence-electron chi connectivity index (χ4n) is 2.87. The van der Waals surface area contributed by atoms with E-state index in [1.54, 1.807) is 7.05 Å². The van der Waals surface area contributed by atoms with Gasteiger partial charge in [-0.1, -0.05) is 0 Å². The molecule has 18 heavy (non-hydrogen) atoms. The summed E-state index contributed by atoms with van der Waals surface area (Å²) in [7, 11) is 1.63. The second-order valence-corrected chi connectivity index (χ2v) is 4.96. The maximum Gasteiger partial charge on any atom is 0.416 e. The van der Waals surface area contributed by atoms with Gasteiger partial charge in [-0.15, -0.1) is 0 Å². The van der Waals surface area contributed by atoms with Crippen molar-refractivity contribution in [3.05, 3.63) is 29.3 Å². The summed E-state index contributed by atoms with van der Waals surface area (Å²) in [5.41, 5.74) is 0.659. The standard InChI is InChI=1S/C13H12F3NO/c1-17-11-5-2-7(13(14,15)16)6-10(11)8-3-4-9(8)12(17)18/h2,5-6,8-9H,3-4H2,1H3. The highest BCUT2D eigenvalue weighted by Gasteiger charge is 2.45. The number of hydrogen-bond acceptors (Lipinski definition) is 1. The topological polar surface area (TPSA) is 20.3 Å². The first-order valence-corrected chi connectivity index (χ1v) is 5.88. The van der Waals surface area contributed by atoms with Crippen LogP contribution in [0, 0.1) is 5.92 Å². The van der Waals surface area contributed by atoms with Crippen LogP contribution in [0.25, 0.3) is 0 Å². The molecule has 0 saturated heterocycles. The van der Waals surface area contributed by atoms with Gasteiger partial charge in [-0.25, -0.2) is 0 Å². The van der Waals surface area contributed by atoms with E-state index < -0.39 is 11.7 Å². The van der Waals surface area contributed by atoms with Crippen LogP contribution in [0.4, 0.5) is 18.9 Å². The highest BCUT2D eigenvalue weighted by molar-refractivity contribution is 5.99. The molecule has 1 aliphatic heterocycles. The van der Waals surface area contributed by atoms with E-state index in [0.29, 0.717) is 11.3 Å². The van der Waals surface area contributed by atoms with Crippen LogP contribution < -0.4 is 4.90 Å². The van der Waals surface area contributed by atoms with Crippen LogP contribution >= 0.6 is 0 Å². The monoisotopic (exact) mass is 255 g/mol. The Hall–Kier alpha value is -1.52. The second-order valence-electron chi connectivity index (χ2n) is 4.96. The van der Waals surface area contributed by atoms with Gasteiger partial charge in [0.15, 0.2) is 0 Å². The number of alkyl halides is 3. The summed E-state index contributed by atoms with van der Waals surface area (Å²) in [4.78, 5) is 13.4. The Morgan fingerprint density at radius 1 is 1.22 bits per heavy atom. The molecule has 1 heterocycles. The number of nitrogens with zero attached hydrogens (tertiary/aromatic N) is 1. The van der Waals surface area contributed by atoms with Crippen LogP contribution in [0.15, 0.2) is 18.2 Å². The van der Waals surface area contributed by atoms with E-state index in [0.717, 1.165) is 18.9 Å². The molecule has 1 saturated carbocycles. The molecule has 2 unspecified atom stereocenters. The van der Waals surface area contributed by atoms with Crippen molar-refractivity contribution in [2.75, 3.05) is 11.9 Å². The molecular formula is C13H12F3NO. The average Bonchev–Trinajstić information content (AvgIpc) is 2.24. The maximum atomic E-state index is 12.7. The summed E-state index contributed by atoms with van der Waals surface area (Å²) in [5.74, 6) is -0.115. The maximum absolute atomic E-state index is 12.7. The molecule has 0 radical (unpaired) electrons. The predicted molar refractivity (Wildman–Crippen MR) is 60.3 cm³/mol. The SMILES string of the molecule is CN1C(=O)C2CCC2c2cc(C(F)(F)F)ccc21. The molecule has 0 N–H and O–H groups in total. The fourth-order valence-corrected chi connectivity index (χ4v) is 2.87. The van der Waals surface area contributed by atoms with Crippen molar-refractivity contribution in [1.82, 2.24) is 0 Å². The first-order valence-electron chi connectivity index (χ1n) is 5.88. The Labute approximate surface area is 102 Å². The Bertz CT molecular complexity index is 523. The van der Waals surface area contributed by atoms with Gasteiger partial charge in [-0.3, -0.25) is 4.79 Å². The molecule has 2 atom stereocenters. The minimum atomic E-state index is -4.33. The highest BCUT2D eigenvalue weighted by atomic mass is 19.4. The van der Waals surface area contributed by atoms with E-state index in [9.17, 15) is 18.0 Å². The third-order valence-corrected chi connectivity index (χ3v) is 4.04. The molecule has 0 bridgehead atoms. The van der Waals surface area contributed by atoms with Crippen molar-refractivity contribution in [2.45, 2.75) is 24.9 Å². The van der Waals surface area contributed by atoms with Gasteiger partial charge in [0.1, 0.15) is 0 Å². The van der Waals surface area contributed by atoms with E-state index in [1.165, 1.54) is 17.0 Å². The number of amides is 1. The lowest BCUT2D eigenvalue weighted by Crippen LogP contribution is -2.45. The molecule has 0 aromatic heterocycles. The summed E-state index contributed by atoms with van der Waals surface area (Å²) in [5, 5.41) is 0. The van der Waals surface area contributed by atoms with E-state index >= 15 is 0 Å². The Balaban J connectivity index is 2.11. The quantitative estimate of drug-likeness (QED) is 0.697. The molecule has 1 fully saturated rings. The highest BCUT2D eigenvalue weighted by Crippen LogP contribution is 2.51. The zero-order valence-electron chi connectivity index (χ0n) is 9.79. The number of fused-ring (bicyclic) bond motifs is 3. The Morgan fingerprint density at radius 3 is 2.44 bits per heavy atom. The molecule has 1 aliphatic carbocycles. The first kappa shape index (κ1) is 11.6. The fraction of sp³-hybridized carbons (Fsp3) is 0.462. The van der Waals surface area contributed by atoms with Crippen molar-refractivity contribution in [3.8, 4) is 0 Å². The number of hydrogen-bond donors (Lipinski definition) is 0. The normalized spacial score (nSPS) is 26.4. The summed E-state index contributed by atoms with van der Waals surface area (Å²) < 4.78 is 38.1. The zero-order valence-corrected chi connectivity index (χ0v) is 9.79. The van der Waals surface area contributed by atoms with Crippen molar-refractivity contribution < 1.29 is 18.0 Å². The van der Waals surface area contributed by atoms with Gasteiger partial charge >= 0.3 is 6.18 Å². The van der Waals surface area contributed by atoms with Gasteiger partial charge < -0.3 is 4.90 Å². The van der Waals surface area contributed by atoms with Gasteiger partial charge in [0, 0.05) is 18.7 Å². The summed E-state index contributed by atoms with van der Waals surface area (Å²) >= 11 is 0. The van der Waals surface area contributed by atoms with Gasteiger partial charge in [0.2, 0.25) is 5.91 Å². The number of rotatable bonds is 0. The third kappa shape index (κ3) is 1.46. The van der Waals surface area contributed by atoms with Crippen molar-refractivity contribution in [2.24, 2.45) is 5.92 Å². The van der Waals surface area contributed by atoms with Gasteiger partial charge in [-0.05, 0) is 42.5 Å². The van der Waals surface area contributed by atoms with Crippen molar-refractivity contribution in [3.63, 3.8) is 0 Å². The molecule has 2 aliphatic rings. The lowest BCUT2D eigenvalue weighted by atomic mass is 9.66. The molecule has 1 aromatic rings. The van der Waals surface area contributed by atoms with Crippen LogP contribution in [0.1, 0.15) is 29.9 Å². The van der Waals surface area contributed by atoms with E-state index in [-0.39, 0.29) is 17.7 Å². The Kier molecular flexibility index (Phi) is 2.24. The minimum Gasteiger partial charge on any atom is -0.315 e. The second kappa shape index (κ2) is 3.49. The van der Waals surface area contributed by atoms with E-state index in [1.807, 2.05) is 0 Å². The van der Waals surface area contributed by atoms with Gasteiger partial charge in [0.05, 0.1) is 5.56 Å². The van der Waals surface area contributed by atoms with E-state index in [2.05, 4.69) is 0 Å². The molecule has 2 nitrogen and oxygen atoms in total. The molecule has 0 spiro atoms. The van der Waals surface area contributed by atoms with Crippen LogP contribution in [-0.4, -0.2) is 13.0 Å². The minimum absolute atomic E-state index is 0.0222. The molecule has 5 heteroatoms. The van der Waals surface area contributed by atoms with Crippen molar-refractivity contribution >= 4 is 11.6 Å². The summed E-state index contributed by atoms with van der Waals surface area (Å²) in [6.45, 7) is 0. The number of carbonyl (C=O) groups is 1. The zero-order chi connectivity index (χ0) is 13.1. The van der Waals surface area contributed by atoms with E-state index in [4.69, 9.17) is 0 Å². The van der Waals surface area contributed by atoms with Gasteiger partial charge in [0.25, 0.3) is 0 Å². The number of carbonyl (C=O) groups excluding carboxylic acids is 1. The lowest BCUT2D eigenvalue weighted by molar-refractivity contribution is -0.137. The molecule has 1 amide bonds. The van der Waals surface area contributed by atoms with Crippen LogP contribution in [0.2, 0.25) is 0 Å². The molecule has 1 aromatic carbocycles. The van der Waals surface area contributed by atoms with Crippen LogP contribution in [-0.2, 0) is 11.0 Å². The van der Waals surface area contributed by atoms with Crippen molar-refractivity contribution in [1.29, 1.82) is 0 Å². The van der Waals surface area contributed by atoms with Gasteiger partial charge in [-0.2, -0.15) is 13.2 Å². The Morgan fingerprint density at radius 2 is 1.89 bits per heavy atom. The average molecular weight is 255 g/mol. The number of benzene rings is 1. The summed E-state index contributed by atoms with van der Waals surface area (Å²) in [6, 6.07) is 3.65. The summed E-state index contributed by atoms with van der Waals surface area (Å²) in [6.07, 6.45) is -2.74. The smallest absolute Gasteiger partial charge is 0.315 e. The third-order valence-electron chi connectivity index (χ3n) is 4.04.